The van der Waals surface area contributed by atoms with Gasteiger partial charge >= 0.3 is 0 Å². The second-order valence-electron chi connectivity index (χ2n) is 9.92. The number of hydrogen-bond acceptors (Lipinski definition) is 7. The molecule has 3 heterocycles. The van der Waals surface area contributed by atoms with E-state index >= 15 is 0 Å². The maximum absolute atomic E-state index is 14.0. The van der Waals surface area contributed by atoms with Crippen molar-refractivity contribution in [1.82, 2.24) is 35.0 Å². The summed E-state index contributed by atoms with van der Waals surface area (Å²) >= 11 is 0. The molecule has 0 aliphatic heterocycles. The van der Waals surface area contributed by atoms with Gasteiger partial charge in [-0.3, -0.25) is 4.68 Å². The van der Waals surface area contributed by atoms with E-state index in [0.29, 0.717) is 24.0 Å². The van der Waals surface area contributed by atoms with Gasteiger partial charge in [-0.2, -0.15) is 9.90 Å². The highest BCUT2D eigenvalue weighted by atomic mass is 19.2. The first-order valence-corrected chi connectivity index (χ1v) is 12.8. The zero-order chi connectivity index (χ0) is 26.1. The molecule has 0 radical (unpaired) electrons. The van der Waals surface area contributed by atoms with Crippen molar-refractivity contribution in [2.75, 3.05) is 22.9 Å². The fraction of sp³-hybridized carbons (Fsp3) is 0.500. The van der Waals surface area contributed by atoms with Gasteiger partial charge in [-0.05, 0) is 61.6 Å². The molecule has 1 aromatic carbocycles. The average molecular weight is 510 g/mol. The smallest absolute Gasteiger partial charge is 0.266 e. The van der Waals surface area contributed by atoms with Gasteiger partial charge in [-0.1, -0.05) is 24.0 Å². The molecule has 0 unspecified atom stereocenters. The summed E-state index contributed by atoms with van der Waals surface area (Å²) in [6.07, 6.45) is 5.04. The predicted molar refractivity (Wildman–Crippen MR) is 138 cm³/mol. The maximum atomic E-state index is 14.0. The number of tetrazole rings is 1. The maximum Gasteiger partial charge on any atom is 0.266 e. The molecule has 37 heavy (non-hydrogen) atoms. The van der Waals surface area contributed by atoms with Gasteiger partial charge in [0, 0.05) is 44.2 Å². The average Bonchev–Trinajstić information content (AvgIpc) is 3.61. The molecule has 0 bridgehead atoms. The van der Waals surface area contributed by atoms with Crippen molar-refractivity contribution in [2.45, 2.75) is 52.6 Å². The number of benzene rings is 1. The summed E-state index contributed by atoms with van der Waals surface area (Å²) in [7, 11) is 3.61. The molecule has 1 saturated carbocycles. The molecule has 0 spiro atoms. The van der Waals surface area contributed by atoms with Crippen LogP contribution < -0.4 is 9.80 Å². The van der Waals surface area contributed by atoms with E-state index < -0.39 is 11.6 Å². The van der Waals surface area contributed by atoms with Gasteiger partial charge in [0.05, 0.1) is 12.7 Å². The van der Waals surface area contributed by atoms with Crippen LogP contribution in [0.2, 0.25) is 0 Å². The van der Waals surface area contributed by atoms with Crippen LogP contribution in [0, 0.1) is 24.5 Å². The molecule has 0 saturated heterocycles. The van der Waals surface area contributed by atoms with E-state index in [1.165, 1.54) is 36.5 Å². The molecule has 11 heteroatoms. The Morgan fingerprint density at radius 2 is 1.78 bits per heavy atom. The lowest BCUT2D eigenvalue weighted by Gasteiger charge is -2.29. The Morgan fingerprint density at radius 1 is 1.00 bits per heavy atom. The molecule has 5 rings (SSSR count). The Kier molecular flexibility index (Phi) is 7.03. The van der Waals surface area contributed by atoms with Crippen molar-refractivity contribution in [3.8, 4) is 0 Å². The fourth-order valence-corrected chi connectivity index (χ4v) is 5.30. The predicted octanol–water partition coefficient (Wildman–Crippen LogP) is 4.30. The highest BCUT2D eigenvalue weighted by Crippen LogP contribution is 2.31. The summed E-state index contributed by atoms with van der Waals surface area (Å²) in [4.78, 5) is 10.8. The summed E-state index contributed by atoms with van der Waals surface area (Å²) in [6.45, 7) is 6.60. The lowest BCUT2D eigenvalue weighted by atomic mass is 10.1. The third kappa shape index (κ3) is 5.26. The van der Waals surface area contributed by atoms with Crippen molar-refractivity contribution in [2.24, 2.45) is 20.0 Å². The summed E-state index contributed by atoms with van der Waals surface area (Å²) in [5.41, 5.74) is 3.35. The number of aromatic nitrogens is 7. The molecular weight excluding hydrogens is 476 g/mol. The molecule has 1 aliphatic rings. The van der Waals surface area contributed by atoms with Crippen LogP contribution in [0.3, 0.4) is 0 Å². The Bertz CT molecular complexity index is 1390. The van der Waals surface area contributed by atoms with Crippen LogP contribution in [0.1, 0.15) is 49.4 Å². The summed E-state index contributed by atoms with van der Waals surface area (Å²) in [5, 5.41) is 18.2. The molecule has 1 fully saturated rings. The molecule has 0 N–H and O–H groups in total. The number of nitrogens with zero attached hydrogens (tertiary/aromatic N) is 9. The van der Waals surface area contributed by atoms with E-state index in [9.17, 15) is 8.78 Å². The Morgan fingerprint density at radius 3 is 2.46 bits per heavy atom. The van der Waals surface area contributed by atoms with Gasteiger partial charge in [0.15, 0.2) is 17.3 Å². The van der Waals surface area contributed by atoms with E-state index in [1.807, 2.05) is 23.6 Å². The van der Waals surface area contributed by atoms with Crippen molar-refractivity contribution < 1.29 is 8.78 Å². The van der Waals surface area contributed by atoms with Crippen LogP contribution in [0.4, 0.5) is 20.5 Å². The lowest BCUT2D eigenvalue weighted by molar-refractivity contribution is 0.506. The molecule has 0 amide bonds. The van der Waals surface area contributed by atoms with Crippen molar-refractivity contribution >= 4 is 22.8 Å². The molecular formula is C26H33F2N9. The SMILES string of the molecule is CCN(CC1CCCC1)c1nc2c(cc1CN(Cc1ccc(F)c(F)c1)c1nnn(C)n1)c(C)nn2C. The molecule has 9 nitrogen and oxygen atoms in total. The van der Waals surface area contributed by atoms with E-state index in [2.05, 4.69) is 38.4 Å². The molecule has 3 aromatic heterocycles. The fourth-order valence-electron chi connectivity index (χ4n) is 5.30. The lowest BCUT2D eigenvalue weighted by Crippen LogP contribution is -2.32. The minimum atomic E-state index is -0.881. The van der Waals surface area contributed by atoms with Gasteiger partial charge in [0.25, 0.3) is 5.95 Å². The topological polar surface area (TPSA) is 80.8 Å². The second-order valence-corrected chi connectivity index (χ2v) is 9.92. The Hall–Kier alpha value is -3.63. The standard InChI is InChI=1S/C26H33F2N9/c1-5-36(14-18-8-6-7-9-18)24-20(13-21-17(2)31-34(3)25(21)29-24)16-37(26-30-33-35(4)32-26)15-19-10-11-22(27)23(28)12-19/h10-13,18H,5-9,14-16H2,1-4H3. The van der Waals surface area contributed by atoms with Gasteiger partial charge in [-0.25, -0.2) is 13.8 Å². The third-order valence-corrected chi connectivity index (χ3v) is 7.19. The van der Waals surface area contributed by atoms with Gasteiger partial charge in [0.1, 0.15) is 5.82 Å². The summed E-state index contributed by atoms with van der Waals surface area (Å²) < 4.78 is 29.4. The Balaban J connectivity index is 1.56. The van der Waals surface area contributed by atoms with Gasteiger partial charge in [0.2, 0.25) is 0 Å². The zero-order valence-corrected chi connectivity index (χ0v) is 21.8. The highest BCUT2D eigenvalue weighted by molar-refractivity contribution is 5.81. The normalized spacial score (nSPS) is 14.1. The van der Waals surface area contributed by atoms with E-state index in [1.54, 1.807) is 13.1 Å². The first-order valence-electron chi connectivity index (χ1n) is 12.8. The number of hydrogen-bond donors (Lipinski definition) is 0. The van der Waals surface area contributed by atoms with Crippen LogP contribution in [0.25, 0.3) is 11.0 Å². The minimum Gasteiger partial charge on any atom is -0.356 e. The van der Waals surface area contributed by atoms with Gasteiger partial charge < -0.3 is 9.80 Å². The monoisotopic (exact) mass is 509 g/mol. The minimum absolute atomic E-state index is 0.279. The van der Waals surface area contributed by atoms with Crippen LogP contribution in [0.15, 0.2) is 24.3 Å². The van der Waals surface area contributed by atoms with Crippen molar-refractivity contribution in [1.29, 1.82) is 0 Å². The van der Waals surface area contributed by atoms with E-state index in [-0.39, 0.29) is 6.54 Å². The first kappa shape index (κ1) is 25.0. The first-order chi connectivity index (χ1) is 17.8. The van der Waals surface area contributed by atoms with Crippen LogP contribution in [0.5, 0.6) is 0 Å². The molecule has 196 valence electrons. The molecule has 1 aliphatic carbocycles. The second kappa shape index (κ2) is 10.4. The number of fused-ring (bicyclic) bond motifs is 1. The summed E-state index contributed by atoms with van der Waals surface area (Å²) in [6, 6.07) is 6.08. The van der Waals surface area contributed by atoms with Crippen LogP contribution in [-0.2, 0) is 27.2 Å². The quantitative estimate of drug-likeness (QED) is 0.333. The number of anilines is 2. The van der Waals surface area contributed by atoms with Crippen LogP contribution >= 0.6 is 0 Å². The number of pyridine rings is 1. The zero-order valence-electron chi connectivity index (χ0n) is 21.8. The summed E-state index contributed by atoms with van der Waals surface area (Å²) in [5.74, 6) is 0.207. The van der Waals surface area contributed by atoms with Gasteiger partial charge in [-0.15, -0.1) is 5.10 Å². The number of halogens is 2. The van der Waals surface area contributed by atoms with Crippen molar-refractivity contribution in [3.05, 3.63) is 52.7 Å². The Labute approximate surface area is 215 Å². The molecule has 4 aromatic rings. The van der Waals surface area contributed by atoms with Crippen LogP contribution in [-0.4, -0.2) is 48.1 Å². The largest absolute Gasteiger partial charge is 0.356 e. The van der Waals surface area contributed by atoms with E-state index in [4.69, 9.17) is 4.98 Å². The number of rotatable bonds is 9. The van der Waals surface area contributed by atoms with Crippen molar-refractivity contribution in [3.63, 3.8) is 0 Å². The highest BCUT2D eigenvalue weighted by Gasteiger charge is 2.24. The van der Waals surface area contributed by atoms with E-state index in [0.717, 1.165) is 47.3 Å². The molecule has 0 atom stereocenters. The third-order valence-electron chi connectivity index (χ3n) is 7.19. The number of aryl methyl sites for hydroxylation is 3.